The summed E-state index contributed by atoms with van der Waals surface area (Å²) in [6.07, 6.45) is 0. The predicted molar refractivity (Wildman–Crippen MR) is 70.9 cm³/mol. The molecule has 0 aliphatic rings. The van der Waals surface area contributed by atoms with Crippen LogP contribution in [-0.2, 0) is 0 Å². The normalized spacial score (nSPS) is 9.83. The molecule has 18 heavy (non-hydrogen) atoms. The number of nitrogens with zero attached hydrogens (tertiary/aromatic N) is 3. The van der Waals surface area contributed by atoms with Gasteiger partial charge in [-0.1, -0.05) is 23.2 Å². The van der Waals surface area contributed by atoms with Gasteiger partial charge in [0.2, 0.25) is 5.95 Å². The molecule has 0 unspecified atom stereocenters. The number of nitrogens with two attached hydrogens (primary N) is 1. The second-order valence-corrected chi connectivity index (χ2v) is 4.09. The summed E-state index contributed by atoms with van der Waals surface area (Å²) in [5.74, 6) is 0.347. The topological polar surface area (TPSA) is 87.6 Å². The molecule has 5 nitrogen and oxygen atoms in total. The lowest BCUT2D eigenvalue weighted by Gasteiger charge is -2.07. The van der Waals surface area contributed by atoms with E-state index in [1.807, 2.05) is 6.07 Å². The molecule has 0 saturated heterocycles. The van der Waals surface area contributed by atoms with E-state index in [0.29, 0.717) is 11.3 Å². The molecule has 0 saturated carbocycles. The highest BCUT2D eigenvalue weighted by Gasteiger charge is 2.08. The Morgan fingerprint density at radius 2 is 1.83 bits per heavy atom. The zero-order chi connectivity index (χ0) is 13.1. The largest absolute Gasteiger partial charge is 0.382 e. The molecular weight excluding hydrogens is 273 g/mol. The minimum atomic E-state index is 0.0836. The number of hydrogen-bond acceptors (Lipinski definition) is 5. The number of hydrogen-bond donors (Lipinski definition) is 2. The SMILES string of the molecule is N#Cc1ccc(Nc2nc(N)c(Cl)c(Cl)n2)cc1. The van der Waals surface area contributed by atoms with Crippen molar-refractivity contribution < 1.29 is 0 Å². The maximum atomic E-state index is 8.68. The molecule has 3 N–H and O–H groups in total. The Hall–Kier alpha value is -2.03. The van der Waals surface area contributed by atoms with Gasteiger partial charge >= 0.3 is 0 Å². The summed E-state index contributed by atoms with van der Waals surface area (Å²) in [7, 11) is 0. The summed E-state index contributed by atoms with van der Waals surface area (Å²) in [6.45, 7) is 0. The van der Waals surface area contributed by atoms with Crippen LogP contribution in [0.15, 0.2) is 24.3 Å². The Labute approximate surface area is 113 Å². The van der Waals surface area contributed by atoms with Gasteiger partial charge in [0.1, 0.15) is 10.8 Å². The third-order valence-corrected chi connectivity index (χ3v) is 2.85. The second-order valence-electron chi connectivity index (χ2n) is 3.35. The highest BCUT2D eigenvalue weighted by atomic mass is 35.5. The molecule has 1 aromatic heterocycles. The van der Waals surface area contributed by atoms with Gasteiger partial charge in [0.05, 0.1) is 11.6 Å². The van der Waals surface area contributed by atoms with Crippen LogP contribution < -0.4 is 11.1 Å². The summed E-state index contributed by atoms with van der Waals surface area (Å²) in [5, 5.41) is 11.8. The molecule has 90 valence electrons. The highest BCUT2D eigenvalue weighted by molar-refractivity contribution is 6.42. The smallest absolute Gasteiger partial charge is 0.230 e. The van der Waals surface area contributed by atoms with Crippen molar-refractivity contribution in [3.63, 3.8) is 0 Å². The average Bonchev–Trinajstić information content (AvgIpc) is 2.37. The Morgan fingerprint density at radius 3 is 2.39 bits per heavy atom. The van der Waals surface area contributed by atoms with Crippen molar-refractivity contribution in [3.05, 3.63) is 40.0 Å². The van der Waals surface area contributed by atoms with Crippen LogP contribution in [0.2, 0.25) is 10.2 Å². The van der Waals surface area contributed by atoms with E-state index < -0.39 is 0 Å². The van der Waals surface area contributed by atoms with Gasteiger partial charge in [-0.3, -0.25) is 0 Å². The number of nitrogens with one attached hydrogen (secondary N) is 1. The summed E-state index contributed by atoms with van der Waals surface area (Å²) in [5.41, 5.74) is 6.85. The summed E-state index contributed by atoms with van der Waals surface area (Å²) < 4.78 is 0. The van der Waals surface area contributed by atoms with E-state index in [9.17, 15) is 0 Å². The molecule has 0 spiro atoms. The molecule has 0 amide bonds. The fourth-order valence-corrected chi connectivity index (χ4v) is 1.51. The van der Waals surface area contributed by atoms with E-state index in [4.69, 9.17) is 34.2 Å². The maximum Gasteiger partial charge on any atom is 0.230 e. The van der Waals surface area contributed by atoms with E-state index in [1.54, 1.807) is 24.3 Å². The third kappa shape index (κ3) is 2.62. The zero-order valence-corrected chi connectivity index (χ0v) is 10.5. The number of benzene rings is 1. The van der Waals surface area contributed by atoms with Gasteiger partial charge in [0.15, 0.2) is 5.15 Å². The molecule has 0 bridgehead atoms. The van der Waals surface area contributed by atoms with Crippen molar-refractivity contribution in [2.24, 2.45) is 0 Å². The summed E-state index contributed by atoms with van der Waals surface area (Å²) in [6, 6.07) is 8.81. The maximum absolute atomic E-state index is 8.68. The van der Waals surface area contributed by atoms with Gasteiger partial charge in [-0.05, 0) is 24.3 Å². The van der Waals surface area contributed by atoms with Crippen molar-refractivity contribution >= 4 is 40.7 Å². The molecular formula is C11H7Cl2N5. The molecule has 0 fully saturated rings. The molecule has 1 aromatic carbocycles. The van der Waals surface area contributed by atoms with Crippen LogP contribution in [0.5, 0.6) is 0 Å². The number of nitrogen functional groups attached to an aromatic ring is 1. The monoisotopic (exact) mass is 279 g/mol. The molecule has 0 atom stereocenters. The number of aromatic nitrogens is 2. The fourth-order valence-electron chi connectivity index (χ4n) is 1.25. The molecule has 0 aliphatic heterocycles. The van der Waals surface area contributed by atoms with Gasteiger partial charge in [-0.2, -0.15) is 15.2 Å². The van der Waals surface area contributed by atoms with Crippen molar-refractivity contribution in [2.45, 2.75) is 0 Å². The predicted octanol–water partition coefficient (Wildman–Crippen LogP) is 2.98. The summed E-state index contributed by atoms with van der Waals surface area (Å²) in [4.78, 5) is 7.88. The molecule has 0 aliphatic carbocycles. The van der Waals surface area contributed by atoms with E-state index in [0.717, 1.165) is 0 Å². The van der Waals surface area contributed by atoms with E-state index in [1.165, 1.54) is 0 Å². The lowest BCUT2D eigenvalue weighted by molar-refractivity contribution is 1.17. The van der Waals surface area contributed by atoms with E-state index >= 15 is 0 Å². The molecule has 2 aromatic rings. The standard InChI is InChI=1S/C11H7Cl2N5/c12-8-9(13)17-11(18-10(8)15)16-7-3-1-6(5-14)2-4-7/h1-4H,(H3,15,16,17,18). The van der Waals surface area contributed by atoms with Crippen LogP contribution in [0, 0.1) is 11.3 Å². The van der Waals surface area contributed by atoms with Gasteiger partial charge in [0, 0.05) is 5.69 Å². The first-order chi connectivity index (χ1) is 8.60. The minimum absolute atomic E-state index is 0.0836. The lowest BCUT2D eigenvalue weighted by Crippen LogP contribution is -2.01. The van der Waals surface area contributed by atoms with Crippen LogP contribution in [0.4, 0.5) is 17.5 Å². The fraction of sp³-hybridized carbons (Fsp3) is 0. The first-order valence-corrected chi connectivity index (χ1v) is 5.61. The van der Waals surface area contributed by atoms with Crippen molar-refractivity contribution in [1.29, 1.82) is 5.26 Å². The molecule has 1 heterocycles. The van der Waals surface area contributed by atoms with Crippen molar-refractivity contribution in [3.8, 4) is 6.07 Å². The highest BCUT2D eigenvalue weighted by Crippen LogP contribution is 2.26. The first kappa shape index (κ1) is 12.4. The van der Waals surface area contributed by atoms with E-state index in [2.05, 4.69) is 15.3 Å². The Morgan fingerprint density at radius 1 is 1.17 bits per heavy atom. The number of rotatable bonds is 2. The van der Waals surface area contributed by atoms with Gasteiger partial charge in [0.25, 0.3) is 0 Å². The van der Waals surface area contributed by atoms with Gasteiger partial charge in [-0.15, -0.1) is 0 Å². The number of nitriles is 1. The minimum Gasteiger partial charge on any atom is -0.382 e. The van der Waals surface area contributed by atoms with Gasteiger partial charge in [-0.25, -0.2) is 0 Å². The second kappa shape index (κ2) is 5.08. The van der Waals surface area contributed by atoms with Crippen LogP contribution in [-0.4, -0.2) is 9.97 Å². The van der Waals surface area contributed by atoms with Crippen LogP contribution in [0.1, 0.15) is 5.56 Å². The molecule has 7 heteroatoms. The average molecular weight is 280 g/mol. The van der Waals surface area contributed by atoms with Crippen LogP contribution in [0.25, 0.3) is 0 Å². The first-order valence-electron chi connectivity index (χ1n) is 4.86. The summed E-state index contributed by atoms with van der Waals surface area (Å²) >= 11 is 11.5. The number of halogens is 2. The van der Waals surface area contributed by atoms with Crippen LogP contribution >= 0.6 is 23.2 Å². The van der Waals surface area contributed by atoms with E-state index in [-0.39, 0.29) is 21.9 Å². The third-order valence-electron chi connectivity index (χ3n) is 2.11. The van der Waals surface area contributed by atoms with Crippen LogP contribution in [0.3, 0.4) is 0 Å². The zero-order valence-electron chi connectivity index (χ0n) is 8.98. The van der Waals surface area contributed by atoms with Gasteiger partial charge < -0.3 is 11.1 Å². The molecule has 0 radical (unpaired) electrons. The molecule has 2 rings (SSSR count). The van der Waals surface area contributed by atoms with Crippen molar-refractivity contribution in [1.82, 2.24) is 9.97 Å². The Bertz CT molecular complexity index is 595. The van der Waals surface area contributed by atoms with Crippen molar-refractivity contribution in [2.75, 3.05) is 11.1 Å². The quantitative estimate of drug-likeness (QED) is 0.825. The Kier molecular flexibility index (Phi) is 3.51. The Balaban J connectivity index is 2.26. The lowest BCUT2D eigenvalue weighted by atomic mass is 10.2. The number of anilines is 3.